The number of aliphatic imine (C=N–C) groups is 1. The van der Waals surface area contributed by atoms with Crippen molar-refractivity contribution < 1.29 is 9.50 Å². The molecule has 3 rings (SSSR count). The van der Waals surface area contributed by atoms with Crippen molar-refractivity contribution >= 4 is 5.96 Å². The van der Waals surface area contributed by atoms with Gasteiger partial charge in [-0.15, -0.1) is 0 Å². The molecule has 5 nitrogen and oxygen atoms in total. The molecule has 2 aromatic rings. The first-order valence-corrected chi connectivity index (χ1v) is 9.88. The van der Waals surface area contributed by atoms with Crippen LogP contribution in [0.4, 0.5) is 4.39 Å². The molecule has 1 atom stereocenters. The molecule has 1 unspecified atom stereocenters. The second-order valence-corrected chi connectivity index (χ2v) is 7.11. The van der Waals surface area contributed by atoms with Crippen LogP contribution in [0.5, 0.6) is 0 Å². The number of nitrogens with one attached hydrogen (secondary N) is 2. The van der Waals surface area contributed by atoms with Crippen LogP contribution in [-0.2, 0) is 19.5 Å². The molecule has 1 aliphatic rings. The van der Waals surface area contributed by atoms with Gasteiger partial charge in [0.05, 0.1) is 12.6 Å². The van der Waals surface area contributed by atoms with Gasteiger partial charge in [0.1, 0.15) is 5.82 Å². The maximum atomic E-state index is 13.0. The molecule has 0 aromatic heterocycles. The molecule has 1 heterocycles. The van der Waals surface area contributed by atoms with E-state index in [0.717, 1.165) is 31.6 Å². The highest BCUT2D eigenvalue weighted by Crippen LogP contribution is 2.18. The number of hydrogen-bond donors (Lipinski definition) is 3. The summed E-state index contributed by atoms with van der Waals surface area (Å²) in [5.41, 5.74) is 3.70. The number of aliphatic hydroxyl groups excluding tert-OH is 1. The summed E-state index contributed by atoms with van der Waals surface area (Å²) in [7, 11) is 0. The lowest BCUT2D eigenvalue weighted by molar-refractivity contribution is 0.108. The first-order valence-electron chi connectivity index (χ1n) is 9.88. The van der Waals surface area contributed by atoms with E-state index in [4.69, 9.17) is 0 Å². The summed E-state index contributed by atoms with van der Waals surface area (Å²) < 4.78 is 13.0. The number of halogens is 1. The second kappa shape index (κ2) is 10.2. The van der Waals surface area contributed by atoms with Gasteiger partial charge in [-0.1, -0.05) is 36.4 Å². The number of hydrogen-bond acceptors (Lipinski definition) is 3. The van der Waals surface area contributed by atoms with Gasteiger partial charge in [0.15, 0.2) is 5.96 Å². The average molecular weight is 384 g/mol. The number of nitrogens with zero attached hydrogens (tertiary/aromatic N) is 2. The molecular weight excluding hydrogens is 355 g/mol. The van der Waals surface area contributed by atoms with Gasteiger partial charge < -0.3 is 15.7 Å². The predicted octanol–water partition coefficient (Wildman–Crippen LogP) is 2.30. The van der Waals surface area contributed by atoms with Gasteiger partial charge in [0.2, 0.25) is 0 Å². The molecule has 0 bridgehead atoms. The molecule has 0 amide bonds. The Hall–Kier alpha value is -2.44. The fraction of sp³-hybridized carbons (Fsp3) is 0.409. The Labute approximate surface area is 166 Å². The van der Waals surface area contributed by atoms with Gasteiger partial charge in [0, 0.05) is 32.7 Å². The van der Waals surface area contributed by atoms with Gasteiger partial charge in [-0.25, -0.2) is 9.38 Å². The monoisotopic (exact) mass is 384 g/mol. The maximum absolute atomic E-state index is 13.0. The van der Waals surface area contributed by atoms with E-state index in [1.54, 1.807) is 12.1 Å². The molecule has 0 fully saturated rings. The molecule has 150 valence electrons. The van der Waals surface area contributed by atoms with Crippen LogP contribution in [0.15, 0.2) is 53.5 Å². The van der Waals surface area contributed by atoms with Crippen LogP contribution in [0.1, 0.15) is 23.6 Å². The summed E-state index contributed by atoms with van der Waals surface area (Å²) in [6.45, 7) is 6.07. The van der Waals surface area contributed by atoms with Gasteiger partial charge in [0.25, 0.3) is 0 Å². The first kappa shape index (κ1) is 20.3. The van der Waals surface area contributed by atoms with Gasteiger partial charge in [-0.05, 0) is 42.2 Å². The Kier molecular flexibility index (Phi) is 7.39. The molecular formula is C22H29FN4O. The van der Waals surface area contributed by atoms with E-state index in [9.17, 15) is 9.50 Å². The van der Waals surface area contributed by atoms with E-state index in [1.807, 2.05) is 6.92 Å². The summed E-state index contributed by atoms with van der Waals surface area (Å²) in [6, 6.07) is 14.8. The average Bonchev–Trinajstić information content (AvgIpc) is 2.71. The smallest absolute Gasteiger partial charge is 0.191 e. The SMILES string of the molecule is CCNC(=NCc1ccc(F)cc1)NCC(O)CN1CCc2ccccc2C1. The number of guanidine groups is 1. The quantitative estimate of drug-likeness (QED) is 0.506. The maximum Gasteiger partial charge on any atom is 0.191 e. The third-order valence-corrected chi connectivity index (χ3v) is 4.86. The topological polar surface area (TPSA) is 59.9 Å². The molecule has 0 aliphatic carbocycles. The summed E-state index contributed by atoms with van der Waals surface area (Å²) in [5.74, 6) is 0.399. The number of benzene rings is 2. The number of fused-ring (bicyclic) bond motifs is 1. The second-order valence-electron chi connectivity index (χ2n) is 7.11. The molecule has 0 saturated heterocycles. The number of rotatable bonds is 7. The van der Waals surface area contributed by atoms with E-state index < -0.39 is 6.10 Å². The number of β-amino-alcohol motifs (C(OH)–C–C–N with tert-alkyl or cyclic N) is 1. The van der Waals surface area contributed by atoms with E-state index >= 15 is 0 Å². The van der Waals surface area contributed by atoms with E-state index in [-0.39, 0.29) is 5.82 Å². The Bertz CT molecular complexity index is 778. The van der Waals surface area contributed by atoms with Crippen LogP contribution >= 0.6 is 0 Å². The summed E-state index contributed by atoms with van der Waals surface area (Å²) in [5, 5.41) is 16.8. The highest BCUT2D eigenvalue weighted by molar-refractivity contribution is 5.79. The van der Waals surface area contributed by atoms with Crippen molar-refractivity contribution in [3.05, 3.63) is 71.0 Å². The minimum Gasteiger partial charge on any atom is -0.390 e. The zero-order chi connectivity index (χ0) is 19.8. The van der Waals surface area contributed by atoms with Crippen LogP contribution in [-0.4, -0.2) is 48.2 Å². The molecule has 2 aromatic carbocycles. The highest BCUT2D eigenvalue weighted by atomic mass is 19.1. The molecule has 3 N–H and O–H groups in total. The van der Waals surface area contributed by atoms with Crippen LogP contribution in [0.25, 0.3) is 0 Å². The standard InChI is InChI=1S/C22H29FN4O/c1-2-24-22(25-13-17-7-9-20(23)10-8-17)26-14-21(28)16-27-12-11-18-5-3-4-6-19(18)15-27/h3-10,21,28H,2,11-16H2,1H3,(H2,24,25,26). The lowest BCUT2D eigenvalue weighted by Crippen LogP contribution is -2.45. The minimum absolute atomic E-state index is 0.249. The first-order chi connectivity index (χ1) is 13.6. The van der Waals surface area contributed by atoms with Crippen LogP contribution in [0.3, 0.4) is 0 Å². The van der Waals surface area contributed by atoms with Crippen molar-refractivity contribution in [2.45, 2.75) is 32.5 Å². The minimum atomic E-state index is -0.486. The fourth-order valence-electron chi connectivity index (χ4n) is 3.39. The van der Waals surface area contributed by atoms with Crippen molar-refractivity contribution in [1.82, 2.24) is 15.5 Å². The molecule has 28 heavy (non-hydrogen) atoms. The fourth-order valence-corrected chi connectivity index (χ4v) is 3.39. The van der Waals surface area contributed by atoms with Gasteiger partial charge in [-0.3, -0.25) is 4.90 Å². The van der Waals surface area contributed by atoms with Crippen molar-refractivity contribution in [3.8, 4) is 0 Å². The van der Waals surface area contributed by atoms with Crippen molar-refractivity contribution in [2.75, 3.05) is 26.2 Å². The third-order valence-electron chi connectivity index (χ3n) is 4.86. The van der Waals surface area contributed by atoms with E-state index in [1.165, 1.54) is 23.3 Å². The number of aliphatic hydroxyl groups is 1. The van der Waals surface area contributed by atoms with Crippen LogP contribution in [0.2, 0.25) is 0 Å². The third kappa shape index (κ3) is 6.04. The Morgan fingerprint density at radius 1 is 1.14 bits per heavy atom. The normalized spacial score (nSPS) is 15.8. The Morgan fingerprint density at radius 3 is 2.64 bits per heavy atom. The van der Waals surface area contributed by atoms with Gasteiger partial charge >= 0.3 is 0 Å². The largest absolute Gasteiger partial charge is 0.390 e. The Morgan fingerprint density at radius 2 is 1.89 bits per heavy atom. The zero-order valence-corrected chi connectivity index (χ0v) is 16.4. The van der Waals surface area contributed by atoms with E-state index in [0.29, 0.717) is 25.6 Å². The lowest BCUT2D eigenvalue weighted by Gasteiger charge is -2.30. The lowest BCUT2D eigenvalue weighted by atomic mass is 10.00. The van der Waals surface area contributed by atoms with Crippen molar-refractivity contribution in [1.29, 1.82) is 0 Å². The molecule has 0 saturated carbocycles. The summed E-state index contributed by atoms with van der Waals surface area (Å²) >= 11 is 0. The van der Waals surface area contributed by atoms with Gasteiger partial charge in [-0.2, -0.15) is 0 Å². The van der Waals surface area contributed by atoms with Crippen LogP contribution in [0, 0.1) is 5.82 Å². The summed E-state index contributed by atoms with van der Waals surface area (Å²) in [6.07, 6.45) is 0.540. The molecule has 6 heteroatoms. The zero-order valence-electron chi connectivity index (χ0n) is 16.4. The molecule has 1 aliphatic heterocycles. The highest BCUT2D eigenvalue weighted by Gasteiger charge is 2.18. The van der Waals surface area contributed by atoms with Crippen molar-refractivity contribution in [2.24, 2.45) is 4.99 Å². The van der Waals surface area contributed by atoms with Crippen molar-refractivity contribution in [3.63, 3.8) is 0 Å². The molecule has 0 spiro atoms. The summed E-state index contributed by atoms with van der Waals surface area (Å²) in [4.78, 5) is 6.80. The van der Waals surface area contributed by atoms with Crippen LogP contribution < -0.4 is 10.6 Å². The Balaban J connectivity index is 1.47. The molecule has 0 radical (unpaired) electrons. The van der Waals surface area contributed by atoms with E-state index in [2.05, 4.69) is 44.8 Å². The predicted molar refractivity (Wildman–Crippen MR) is 111 cm³/mol.